The van der Waals surface area contributed by atoms with Crippen molar-refractivity contribution in [1.29, 1.82) is 0 Å². The summed E-state index contributed by atoms with van der Waals surface area (Å²) in [6, 6.07) is 6.67. The van der Waals surface area contributed by atoms with Crippen molar-refractivity contribution >= 4 is 23.1 Å². The van der Waals surface area contributed by atoms with E-state index < -0.39 is 5.97 Å². The van der Waals surface area contributed by atoms with E-state index in [9.17, 15) is 9.59 Å². The Morgan fingerprint density at radius 2 is 1.88 bits per heavy atom. The number of Topliss-reactive ketones (excluding diaryl/α,β-unsaturated/α-hetero) is 1. The Morgan fingerprint density at radius 1 is 1.12 bits per heavy atom. The zero-order valence-electron chi connectivity index (χ0n) is 14.2. The fourth-order valence-corrected chi connectivity index (χ4v) is 3.29. The zero-order valence-corrected chi connectivity index (χ0v) is 15.0. The van der Waals surface area contributed by atoms with Crippen molar-refractivity contribution < 1.29 is 23.8 Å². The summed E-state index contributed by atoms with van der Waals surface area (Å²) >= 11 is 1.40. The molecule has 1 heterocycles. The van der Waals surface area contributed by atoms with Gasteiger partial charge in [-0.15, -0.1) is 11.3 Å². The molecule has 128 valence electrons. The van der Waals surface area contributed by atoms with Gasteiger partial charge in [0.05, 0.1) is 19.8 Å². The first-order chi connectivity index (χ1) is 11.5. The van der Waals surface area contributed by atoms with Crippen molar-refractivity contribution in [2.45, 2.75) is 20.3 Å². The molecular formula is C18H20O5S. The highest BCUT2D eigenvalue weighted by Gasteiger charge is 2.18. The molecule has 0 aliphatic heterocycles. The van der Waals surface area contributed by atoms with Crippen LogP contribution in [0.25, 0.3) is 0 Å². The second kappa shape index (κ2) is 7.97. The number of esters is 1. The first kappa shape index (κ1) is 18.0. The molecule has 6 heteroatoms. The van der Waals surface area contributed by atoms with Crippen LogP contribution in [0.1, 0.15) is 37.4 Å². The van der Waals surface area contributed by atoms with Crippen molar-refractivity contribution in [3.05, 3.63) is 45.1 Å². The molecule has 0 amide bonds. The molecule has 0 unspecified atom stereocenters. The van der Waals surface area contributed by atoms with E-state index in [-0.39, 0.29) is 12.4 Å². The molecule has 0 aliphatic carbocycles. The lowest BCUT2D eigenvalue weighted by molar-refractivity contribution is 0.0478. The first-order valence-electron chi connectivity index (χ1n) is 7.51. The highest BCUT2D eigenvalue weighted by atomic mass is 32.1. The third kappa shape index (κ3) is 3.94. The van der Waals surface area contributed by atoms with Crippen LogP contribution in [0, 0.1) is 6.92 Å². The van der Waals surface area contributed by atoms with Crippen LogP contribution in [0.15, 0.2) is 24.3 Å². The van der Waals surface area contributed by atoms with Gasteiger partial charge in [0.2, 0.25) is 5.78 Å². The zero-order chi connectivity index (χ0) is 17.7. The number of ketones is 1. The van der Waals surface area contributed by atoms with E-state index in [4.69, 9.17) is 14.2 Å². The standard InChI is InChI=1S/C18H20O5S/c1-5-16-11(2)8-17(24-16)18(20)23-10-14(19)13-7-6-12(21-3)9-15(13)22-4/h6-9H,5,10H2,1-4H3. The third-order valence-electron chi connectivity index (χ3n) is 3.59. The summed E-state index contributed by atoms with van der Waals surface area (Å²) in [5.41, 5.74) is 1.42. The molecule has 0 spiro atoms. The van der Waals surface area contributed by atoms with Crippen LogP contribution in [0.4, 0.5) is 0 Å². The van der Waals surface area contributed by atoms with E-state index in [1.807, 2.05) is 13.8 Å². The maximum atomic E-state index is 12.3. The molecule has 0 radical (unpaired) electrons. The summed E-state index contributed by atoms with van der Waals surface area (Å²) in [4.78, 5) is 26.1. The van der Waals surface area contributed by atoms with Gasteiger partial charge in [-0.1, -0.05) is 6.92 Å². The highest BCUT2D eigenvalue weighted by Crippen LogP contribution is 2.26. The normalized spacial score (nSPS) is 10.3. The number of rotatable bonds is 7. The van der Waals surface area contributed by atoms with E-state index in [0.29, 0.717) is 21.9 Å². The second-order valence-corrected chi connectivity index (χ2v) is 6.27. The van der Waals surface area contributed by atoms with Crippen LogP contribution in [0.5, 0.6) is 11.5 Å². The third-order valence-corrected chi connectivity index (χ3v) is 4.95. The van der Waals surface area contributed by atoms with Crippen molar-refractivity contribution in [1.82, 2.24) is 0 Å². The smallest absolute Gasteiger partial charge is 0.348 e. The molecule has 0 atom stereocenters. The van der Waals surface area contributed by atoms with Gasteiger partial charge < -0.3 is 14.2 Å². The Bertz CT molecular complexity index is 748. The molecule has 24 heavy (non-hydrogen) atoms. The average molecular weight is 348 g/mol. The highest BCUT2D eigenvalue weighted by molar-refractivity contribution is 7.14. The van der Waals surface area contributed by atoms with Crippen molar-refractivity contribution in [2.75, 3.05) is 20.8 Å². The van der Waals surface area contributed by atoms with Crippen LogP contribution in [-0.4, -0.2) is 32.6 Å². The number of carbonyl (C=O) groups is 2. The molecule has 0 saturated carbocycles. The first-order valence-corrected chi connectivity index (χ1v) is 8.33. The van der Waals surface area contributed by atoms with E-state index in [1.54, 1.807) is 24.3 Å². The number of carbonyl (C=O) groups excluding carboxylic acids is 2. The van der Waals surface area contributed by atoms with E-state index in [1.165, 1.54) is 25.6 Å². The van der Waals surface area contributed by atoms with Gasteiger partial charge in [0.15, 0.2) is 6.61 Å². The molecule has 2 rings (SSSR count). The van der Waals surface area contributed by atoms with E-state index in [2.05, 4.69) is 0 Å². The Morgan fingerprint density at radius 3 is 2.46 bits per heavy atom. The van der Waals surface area contributed by atoms with E-state index in [0.717, 1.165) is 16.9 Å². The van der Waals surface area contributed by atoms with Gasteiger partial charge in [0.1, 0.15) is 16.4 Å². The molecule has 0 fully saturated rings. The van der Waals surface area contributed by atoms with Gasteiger partial charge in [-0.3, -0.25) is 4.79 Å². The minimum atomic E-state index is -0.483. The largest absolute Gasteiger partial charge is 0.497 e. The molecule has 0 bridgehead atoms. The number of hydrogen-bond donors (Lipinski definition) is 0. The number of thiophene rings is 1. The predicted octanol–water partition coefficient (Wildman–Crippen LogP) is 3.68. The maximum Gasteiger partial charge on any atom is 0.348 e. The Labute approximate surface area is 145 Å². The van der Waals surface area contributed by atoms with Gasteiger partial charge in [-0.2, -0.15) is 0 Å². The number of benzene rings is 1. The lowest BCUT2D eigenvalue weighted by atomic mass is 10.1. The SMILES string of the molecule is CCc1sc(C(=O)OCC(=O)c2ccc(OC)cc2OC)cc1C. The Kier molecular flexibility index (Phi) is 5.98. The molecule has 5 nitrogen and oxygen atoms in total. The van der Waals surface area contributed by atoms with Crippen LogP contribution >= 0.6 is 11.3 Å². The van der Waals surface area contributed by atoms with Crippen molar-refractivity contribution in [2.24, 2.45) is 0 Å². The molecule has 0 saturated heterocycles. The second-order valence-electron chi connectivity index (χ2n) is 5.14. The lowest BCUT2D eigenvalue weighted by Crippen LogP contribution is -2.14. The number of aryl methyl sites for hydroxylation is 2. The molecule has 0 N–H and O–H groups in total. The summed E-state index contributed by atoms with van der Waals surface area (Å²) in [5, 5.41) is 0. The number of ether oxygens (including phenoxy) is 3. The van der Waals surface area contributed by atoms with Gasteiger partial charge >= 0.3 is 5.97 Å². The maximum absolute atomic E-state index is 12.3. The summed E-state index contributed by atoms with van der Waals surface area (Å²) in [6.45, 7) is 3.66. The van der Waals surface area contributed by atoms with E-state index >= 15 is 0 Å². The molecule has 0 aliphatic rings. The average Bonchev–Trinajstić information content (AvgIpc) is 2.99. The quantitative estimate of drug-likeness (QED) is 0.564. The number of hydrogen-bond acceptors (Lipinski definition) is 6. The molecule has 1 aromatic carbocycles. The van der Waals surface area contributed by atoms with Crippen molar-refractivity contribution in [3.8, 4) is 11.5 Å². The summed E-state index contributed by atoms with van der Waals surface area (Å²) in [6.07, 6.45) is 0.867. The van der Waals surface area contributed by atoms with Crippen LogP contribution in [-0.2, 0) is 11.2 Å². The summed E-state index contributed by atoms with van der Waals surface area (Å²) in [5.74, 6) is 0.160. The predicted molar refractivity (Wildman–Crippen MR) is 92.6 cm³/mol. The number of methoxy groups -OCH3 is 2. The van der Waals surface area contributed by atoms with Crippen LogP contribution in [0.2, 0.25) is 0 Å². The van der Waals surface area contributed by atoms with Gasteiger partial charge in [0, 0.05) is 10.9 Å². The Hall–Kier alpha value is -2.34. The molecule has 1 aromatic heterocycles. The summed E-state index contributed by atoms with van der Waals surface area (Å²) < 4.78 is 15.4. The van der Waals surface area contributed by atoms with Crippen LogP contribution in [0.3, 0.4) is 0 Å². The minimum Gasteiger partial charge on any atom is -0.497 e. The van der Waals surface area contributed by atoms with Gasteiger partial charge in [-0.25, -0.2) is 4.79 Å². The fraction of sp³-hybridized carbons (Fsp3) is 0.333. The topological polar surface area (TPSA) is 61.8 Å². The van der Waals surface area contributed by atoms with Gasteiger partial charge in [0.25, 0.3) is 0 Å². The molecular weight excluding hydrogens is 328 g/mol. The molecule has 2 aromatic rings. The summed E-state index contributed by atoms with van der Waals surface area (Å²) in [7, 11) is 3.00. The fourth-order valence-electron chi connectivity index (χ4n) is 2.28. The lowest BCUT2D eigenvalue weighted by Gasteiger charge is -2.09. The van der Waals surface area contributed by atoms with Gasteiger partial charge in [-0.05, 0) is 37.1 Å². The monoisotopic (exact) mass is 348 g/mol. The van der Waals surface area contributed by atoms with Crippen molar-refractivity contribution in [3.63, 3.8) is 0 Å². The van der Waals surface area contributed by atoms with Crippen LogP contribution < -0.4 is 9.47 Å². The Balaban J connectivity index is 2.06. The minimum absolute atomic E-state index is 0.327.